The Bertz CT molecular complexity index is 901. The molecule has 0 unspecified atom stereocenters. The van der Waals surface area contributed by atoms with Crippen molar-refractivity contribution >= 4 is 29.3 Å². The van der Waals surface area contributed by atoms with Crippen molar-refractivity contribution in [2.45, 2.75) is 0 Å². The Labute approximate surface area is 148 Å². The monoisotopic (exact) mass is 356 g/mol. The van der Waals surface area contributed by atoms with Crippen molar-refractivity contribution < 1.29 is 13.9 Å². The highest BCUT2D eigenvalue weighted by Crippen LogP contribution is 2.21. The first-order valence-electron chi connectivity index (χ1n) is 7.25. The second-order valence-corrected chi connectivity index (χ2v) is 5.45. The second kappa shape index (κ2) is 7.59. The van der Waals surface area contributed by atoms with Crippen LogP contribution in [0.2, 0.25) is 0 Å². The second-order valence-electron chi connectivity index (χ2n) is 4.92. The number of tetrazole rings is 1. The molecule has 2 aromatic heterocycles. The summed E-state index contributed by atoms with van der Waals surface area (Å²) in [5.74, 6) is 0.175. The maximum atomic E-state index is 12.5. The number of rotatable bonds is 6. The van der Waals surface area contributed by atoms with E-state index in [2.05, 4.69) is 22.1 Å². The van der Waals surface area contributed by atoms with E-state index in [9.17, 15) is 4.79 Å². The highest BCUT2D eigenvalue weighted by atomic mass is 35.5. The molecular weight excluding hydrogens is 344 g/mol. The van der Waals surface area contributed by atoms with Crippen LogP contribution < -0.4 is 0 Å². The maximum absolute atomic E-state index is 12.5. The van der Waals surface area contributed by atoms with Gasteiger partial charge in [-0.3, -0.25) is 0 Å². The van der Waals surface area contributed by atoms with Crippen LogP contribution in [0.3, 0.4) is 0 Å². The zero-order valence-electron chi connectivity index (χ0n) is 13.0. The van der Waals surface area contributed by atoms with Crippen molar-refractivity contribution in [1.29, 1.82) is 0 Å². The Morgan fingerprint density at radius 3 is 2.76 bits per heavy atom. The minimum atomic E-state index is -0.664. The van der Waals surface area contributed by atoms with Gasteiger partial charge in [-0.2, -0.15) is 4.68 Å². The Morgan fingerprint density at radius 2 is 2.08 bits per heavy atom. The highest BCUT2D eigenvalue weighted by molar-refractivity contribution is 6.29. The Balaban J connectivity index is 2.03. The van der Waals surface area contributed by atoms with Crippen LogP contribution >= 0.6 is 11.6 Å². The predicted molar refractivity (Wildman–Crippen MR) is 92.1 cm³/mol. The van der Waals surface area contributed by atoms with E-state index in [1.807, 2.05) is 30.3 Å². The third kappa shape index (κ3) is 4.02. The Morgan fingerprint density at radius 1 is 1.28 bits per heavy atom. The summed E-state index contributed by atoms with van der Waals surface area (Å²) in [6.45, 7) is 3.37. The number of furan rings is 1. The molecule has 0 amide bonds. The lowest BCUT2D eigenvalue weighted by atomic mass is 10.2. The fraction of sp³-hybridized carbons (Fsp3) is 0.0588. The molecule has 0 saturated heterocycles. The van der Waals surface area contributed by atoms with Gasteiger partial charge in [0.05, 0.1) is 6.26 Å². The van der Waals surface area contributed by atoms with Gasteiger partial charge in [0, 0.05) is 16.7 Å². The van der Waals surface area contributed by atoms with E-state index in [0.717, 1.165) is 5.56 Å². The van der Waals surface area contributed by atoms with Crippen LogP contribution in [0.15, 0.2) is 64.8 Å². The number of esters is 1. The molecule has 0 atom stereocenters. The molecule has 25 heavy (non-hydrogen) atoms. The van der Waals surface area contributed by atoms with E-state index < -0.39 is 5.97 Å². The number of hydrogen-bond acceptors (Lipinski definition) is 6. The van der Waals surface area contributed by atoms with E-state index in [1.54, 1.807) is 12.1 Å². The summed E-state index contributed by atoms with van der Waals surface area (Å²) in [5.41, 5.74) is 0.823. The SMILES string of the molecule is C=C(Cl)COC(=O)/C(=C/c1ccco1)n1nnnc1-c1ccccc1. The number of aromatic nitrogens is 4. The van der Waals surface area contributed by atoms with E-state index in [4.69, 9.17) is 20.8 Å². The lowest BCUT2D eigenvalue weighted by Crippen LogP contribution is -2.15. The van der Waals surface area contributed by atoms with E-state index in [1.165, 1.54) is 17.0 Å². The first kappa shape index (κ1) is 16.7. The van der Waals surface area contributed by atoms with Gasteiger partial charge in [-0.25, -0.2) is 4.79 Å². The molecular formula is C17H13ClN4O3. The normalized spacial score (nSPS) is 11.3. The molecule has 0 N–H and O–H groups in total. The van der Waals surface area contributed by atoms with Gasteiger partial charge in [-0.15, -0.1) is 5.10 Å². The zero-order chi connectivity index (χ0) is 17.6. The fourth-order valence-electron chi connectivity index (χ4n) is 2.05. The number of nitrogens with zero attached hydrogens (tertiary/aromatic N) is 4. The molecule has 0 bridgehead atoms. The number of hydrogen-bond donors (Lipinski definition) is 0. The van der Waals surface area contributed by atoms with Gasteiger partial charge >= 0.3 is 5.97 Å². The summed E-state index contributed by atoms with van der Waals surface area (Å²) in [6.07, 6.45) is 2.98. The van der Waals surface area contributed by atoms with Gasteiger partial charge in [0.15, 0.2) is 11.5 Å². The van der Waals surface area contributed by atoms with Gasteiger partial charge in [-0.05, 0) is 22.6 Å². The molecule has 7 nitrogen and oxygen atoms in total. The molecule has 126 valence electrons. The van der Waals surface area contributed by atoms with Crippen molar-refractivity contribution in [2.75, 3.05) is 6.61 Å². The summed E-state index contributed by atoms with van der Waals surface area (Å²) in [4.78, 5) is 12.5. The molecule has 2 heterocycles. The lowest BCUT2D eigenvalue weighted by Gasteiger charge is -2.09. The predicted octanol–water partition coefficient (Wildman–Crippen LogP) is 3.23. The topological polar surface area (TPSA) is 83.0 Å². The van der Waals surface area contributed by atoms with Gasteiger partial charge in [0.25, 0.3) is 0 Å². The van der Waals surface area contributed by atoms with Gasteiger partial charge in [0.2, 0.25) is 0 Å². The first-order chi connectivity index (χ1) is 12.1. The van der Waals surface area contributed by atoms with Crippen molar-refractivity contribution in [1.82, 2.24) is 20.2 Å². The van der Waals surface area contributed by atoms with Crippen molar-refractivity contribution in [3.05, 3.63) is 66.1 Å². The van der Waals surface area contributed by atoms with Crippen LogP contribution in [-0.2, 0) is 9.53 Å². The van der Waals surface area contributed by atoms with Crippen LogP contribution in [0.1, 0.15) is 5.76 Å². The third-order valence-corrected chi connectivity index (χ3v) is 3.23. The number of benzene rings is 1. The molecule has 3 aromatic rings. The third-order valence-electron chi connectivity index (χ3n) is 3.12. The van der Waals surface area contributed by atoms with Gasteiger partial charge in [0.1, 0.15) is 12.4 Å². The van der Waals surface area contributed by atoms with Crippen molar-refractivity contribution in [3.8, 4) is 11.4 Å². The standard InChI is InChI=1S/C17H13ClN4O3/c1-12(18)11-25-17(23)15(10-14-8-5-9-24-14)22-16(19-20-21-22)13-6-3-2-4-7-13/h2-10H,1,11H2/b15-10-. The minimum absolute atomic E-state index is 0.0803. The number of halogens is 1. The van der Waals surface area contributed by atoms with E-state index >= 15 is 0 Å². The van der Waals surface area contributed by atoms with Crippen LogP contribution in [0.4, 0.5) is 0 Å². The van der Waals surface area contributed by atoms with E-state index in [-0.39, 0.29) is 17.3 Å². The Kier molecular flexibility index (Phi) is 5.06. The highest BCUT2D eigenvalue weighted by Gasteiger charge is 2.21. The number of ether oxygens (including phenoxy) is 1. The van der Waals surface area contributed by atoms with Crippen molar-refractivity contribution in [2.24, 2.45) is 0 Å². The molecule has 0 radical (unpaired) electrons. The first-order valence-corrected chi connectivity index (χ1v) is 7.62. The summed E-state index contributed by atoms with van der Waals surface area (Å²) >= 11 is 5.66. The fourth-order valence-corrected chi connectivity index (χ4v) is 2.10. The molecule has 1 aromatic carbocycles. The van der Waals surface area contributed by atoms with Gasteiger partial charge < -0.3 is 9.15 Å². The van der Waals surface area contributed by atoms with Crippen molar-refractivity contribution in [3.63, 3.8) is 0 Å². The number of carbonyl (C=O) groups is 1. The summed E-state index contributed by atoms with van der Waals surface area (Å²) in [7, 11) is 0. The molecule has 0 aliphatic rings. The quantitative estimate of drug-likeness (QED) is 0.498. The smallest absolute Gasteiger partial charge is 0.357 e. The lowest BCUT2D eigenvalue weighted by molar-refractivity contribution is -0.135. The summed E-state index contributed by atoms with van der Waals surface area (Å²) < 4.78 is 11.7. The average molecular weight is 357 g/mol. The van der Waals surface area contributed by atoms with Gasteiger partial charge in [-0.1, -0.05) is 48.5 Å². The maximum Gasteiger partial charge on any atom is 0.357 e. The molecule has 0 spiro atoms. The summed E-state index contributed by atoms with van der Waals surface area (Å²) in [5, 5.41) is 11.8. The average Bonchev–Trinajstić information content (AvgIpc) is 3.29. The van der Waals surface area contributed by atoms with Crippen LogP contribution in [-0.4, -0.2) is 32.8 Å². The Hall–Kier alpha value is -3.19. The molecule has 0 aliphatic heterocycles. The van der Waals surface area contributed by atoms with E-state index in [0.29, 0.717) is 11.6 Å². The molecule has 0 aliphatic carbocycles. The zero-order valence-corrected chi connectivity index (χ0v) is 13.8. The molecule has 8 heteroatoms. The molecule has 3 rings (SSSR count). The van der Waals surface area contributed by atoms with Crippen LogP contribution in [0.25, 0.3) is 23.2 Å². The molecule has 0 saturated carbocycles. The van der Waals surface area contributed by atoms with Crippen LogP contribution in [0.5, 0.6) is 0 Å². The minimum Gasteiger partial charge on any atom is -0.465 e. The largest absolute Gasteiger partial charge is 0.465 e. The summed E-state index contributed by atoms with van der Waals surface area (Å²) in [6, 6.07) is 12.6. The van der Waals surface area contributed by atoms with Crippen LogP contribution in [0, 0.1) is 0 Å². The molecule has 0 fully saturated rings. The number of carbonyl (C=O) groups excluding carboxylic acids is 1.